The number of methoxy groups -OCH3 is 1. The molecule has 6 rings (SSSR count). The van der Waals surface area contributed by atoms with Crippen LogP contribution in [0.25, 0.3) is 0 Å². The summed E-state index contributed by atoms with van der Waals surface area (Å²) in [5.74, 6) is 1.55. The zero-order valence-electron chi connectivity index (χ0n) is 19.7. The van der Waals surface area contributed by atoms with Gasteiger partial charge < -0.3 is 24.4 Å². The standard InChI is InChI=1S/C28H28N2O5/c1-33-24-17-23-20-11-13-30(28(32)19-7-3-2-4-8-19)27(23)21-9-5-10-22(15-21)34-14-6-12-29-26(31)18-35-25(24)16-20/h2-5,7-10,15-17,27H,6,11-14,18H2,1H3,(H,29,31). The van der Waals surface area contributed by atoms with Crippen molar-refractivity contribution in [1.82, 2.24) is 10.2 Å². The van der Waals surface area contributed by atoms with Gasteiger partial charge in [-0.1, -0.05) is 30.3 Å². The molecule has 0 saturated carbocycles. The maximum atomic E-state index is 13.7. The van der Waals surface area contributed by atoms with Gasteiger partial charge in [-0.15, -0.1) is 0 Å². The molecule has 0 aliphatic carbocycles. The van der Waals surface area contributed by atoms with Gasteiger partial charge >= 0.3 is 0 Å². The first-order valence-electron chi connectivity index (χ1n) is 11.8. The van der Waals surface area contributed by atoms with Crippen molar-refractivity contribution in [2.75, 3.05) is 33.4 Å². The highest BCUT2D eigenvalue weighted by Gasteiger charge is 2.34. The van der Waals surface area contributed by atoms with Gasteiger partial charge in [0.1, 0.15) is 5.75 Å². The number of benzene rings is 3. The monoisotopic (exact) mass is 472 g/mol. The molecular formula is C28H28N2O5. The van der Waals surface area contributed by atoms with E-state index in [0.717, 1.165) is 22.4 Å². The van der Waals surface area contributed by atoms with E-state index >= 15 is 0 Å². The molecule has 1 N–H and O–H groups in total. The number of nitrogens with zero attached hydrogens (tertiary/aromatic N) is 1. The number of hydrogen-bond acceptors (Lipinski definition) is 5. The molecule has 3 heterocycles. The van der Waals surface area contributed by atoms with Gasteiger partial charge in [-0.3, -0.25) is 9.59 Å². The number of carbonyl (C=O) groups excluding carboxylic acids is 2. The molecule has 0 aromatic heterocycles. The zero-order valence-corrected chi connectivity index (χ0v) is 19.7. The second-order valence-electron chi connectivity index (χ2n) is 8.63. The van der Waals surface area contributed by atoms with Crippen molar-refractivity contribution in [3.05, 3.63) is 89.0 Å². The predicted molar refractivity (Wildman–Crippen MR) is 131 cm³/mol. The van der Waals surface area contributed by atoms with E-state index in [1.54, 1.807) is 7.11 Å². The highest BCUT2D eigenvalue weighted by Crippen LogP contribution is 2.42. The maximum absolute atomic E-state index is 13.7. The second kappa shape index (κ2) is 10.1. The number of amides is 2. The van der Waals surface area contributed by atoms with Crippen molar-refractivity contribution in [1.29, 1.82) is 0 Å². The first kappa shape index (κ1) is 22.8. The molecule has 1 atom stereocenters. The van der Waals surface area contributed by atoms with Gasteiger partial charge in [0.05, 0.1) is 19.8 Å². The average molecular weight is 473 g/mol. The molecule has 0 spiro atoms. The van der Waals surface area contributed by atoms with Crippen molar-refractivity contribution in [2.24, 2.45) is 0 Å². The summed E-state index contributed by atoms with van der Waals surface area (Å²) in [6.45, 7) is 1.40. The van der Waals surface area contributed by atoms with Crippen LogP contribution in [-0.4, -0.2) is 50.1 Å². The van der Waals surface area contributed by atoms with Crippen LogP contribution in [0.2, 0.25) is 0 Å². The maximum Gasteiger partial charge on any atom is 0.257 e. The molecule has 2 amide bonds. The van der Waals surface area contributed by atoms with Crippen LogP contribution in [0, 0.1) is 0 Å². The third-order valence-electron chi connectivity index (χ3n) is 6.38. The predicted octanol–water partition coefficient (Wildman–Crippen LogP) is 3.76. The Morgan fingerprint density at radius 2 is 1.91 bits per heavy atom. The van der Waals surface area contributed by atoms with Gasteiger partial charge in [-0.05, 0) is 65.9 Å². The van der Waals surface area contributed by atoms with E-state index in [-0.39, 0.29) is 24.5 Å². The van der Waals surface area contributed by atoms with Crippen LogP contribution < -0.4 is 19.5 Å². The highest BCUT2D eigenvalue weighted by atomic mass is 16.5. The summed E-state index contributed by atoms with van der Waals surface area (Å²) in [5, 5.41) is 2.85. The molecule has 0 saturated heterocycles. The summed E-state index contributed by atoms with van der Waals surface area (Å²) in [6.07, 6.45) is 1.33. The molecule has 3 aromatic carbocycles. The first-order valence-corrected chi connectivity index (χ1v) is 11.8. The third kappa shape index (κ3) is 4.80. The third-order valence-corrected chi connectivity index (χ3v) is 6.38. The van der Waals surface area contributed by atoms with E-state index in [1.807, 2.05) is 71.6 Å². The lowest BCUT2D eigenvalue weighted by Crippen LogP contribution is -2.40. The molecular weight excluding hydrogens is 444 g/mol. The van der Waals surface area contributed by atoms with Gasteiger partial charge in [0, 0.05) is 18.7 Å². The Morgan fingerprint density at radius 3 is 2.74 bits per heavy atom. The molecule has 180 valence electrons. The number of carbonyl (C=O) groups is 2. The number of fused-ring (bicyclic) bond motifs is 8. The fourth-order valence-corrected chi connectivity index (χ4v) is 4.68. The van der Waals surface area contributed by atoms with Crippen molar-refractivity contribution < 1.29 is 23.8 Å². The van der Waals surface area contributed by atoms with Gasteiger partial charge in [-0.25, -0.2) is 0 Å². The minimum absolute atomic E-state index is 0.0297. The average Bonchev–Trinajstić information content (AvgIpc) is 2.90. The van der Waals surface area contributed by atoms with Gasteiger partial charge in [-0.2, -0.15) is 0 Å². The Labute approximate surface area is 204 Å². The molecule has 3 aliphatic rings. The van der Waals surface area contributed by atoms with Gasteiger partial charge in [0.2, 0.25) is 0 Å². The summed E-state index contributed by atoms with van der Waals surface area (Å²) < 4.78 is 17.4. The quantitative estimate of drug-likeness (QED) is 0.615. The SMILES string of the molecule is COc1cc2c3cc1OCC(=O)NCCCOc1cccc(c1)C2N(C(=O)c1ccccc1)CC3. The van der Waals surface area contributed by atoms with Crippen LogP contribution in [-0.2, 0) is 11.2 Å². The summed E-state index contributed by atoms with van der Waals surface area (Å²) in [4.78, 5) is 27.8. The smallest absolute Gasteiger partial charge is 0.257 e. The Bertz CT molecular complexity index is 1230. The minimum Gasteiger partial charge on any atom is -0.494 e. The summed E-state index contributed by atoms with van der Waals surface area (Å²) in [5.41, 5.74) is 3.64. The molecule has 0 radical (unpaired) electrons. The molecule has 7 nitrogen and oxygen atoms in total. The first-order chi connectivity index (χ1) is 17.1. The van der Waals surface area contributed by atoms with Gasteiger partial charge in [0.25, 0.3) is 11.8 Å². The van der Waals surface area contributed by atoms with Crippen molar-refractivity contribution >= 4 is 11.8 Å². The van der Waals surface area contributed by atoms with Crippen molar-refractivity contribution in [2.45, 2.75) is 18.9 Å². The van der Waals surface area contributed by atoms with Crippen LogP contribution in [0.3, 0.4) is 0 Å². The van der Waals surface area contributed by atoms with E-state index in [4.69, 9.17) is 14.2 Å². The van der Waals surface area contributed by atoms with E-state index in [0.29, 0.717) is 49.6 Å². The Kier molecular flexibility index (Phi) is 6.57. The molecule has 6 bridgehead atoms. The Morgan fingerprint density at radius 1 is 1.06 bits per heavy atom. The Hall–Kier alpha value is -4.00. The molecule has 3 aromatic rings. The molecule has 35 heavy (non-hydrogen) atoms. The lowest BCUT2D eigenvalue weighted by atomic mass is 9.87. The lowest BCUT2D eigenvalue weighted by Gasteiger charge is -2.38. The lowest BCUT2D eigenvalue weighted by molar-refractivity contribution is -0.123. The number of rotatable bonds is 2. The minimum atomic E-state index is -0.325. The molecule has 0 fully saturated rings. The normalized spacial score (nSPS) is 17.7. The van der Waals surface area contributed by atoms with Crippen LogP contribution in [0.5, 0.6) is 17.2 Å². The van der Waals surface area contributed by atoms with Crippen LogP contribution in [0.15, 0.2) is 66.7 Å². The highest BCUT2D eigenvalue weighted by molar-refractivity contribution is 5.95. The summed E-state index contributed by atoms with van der Waals surface area (Å²) in [7, 11) is 1.58. The number of nitrogens with one attached hydrogen (secondary N) is 1. The van der Waals surface area contributed by atoms with Gasteiger partial charge in [0.15, 0.2) is 18.1 Å². The van der Waals surface area contributed by atoms with Crippen LogP contribution in [0.4, 0.5) is 0 Å². The van der Waals surface area contributed by atoms with E-state index in [9.17, 15) is 9.59 Å². The van der Waals surface area contributed by atoms with Crippen molar-refractivity contribution in [3.8, 4) is 17.2 Å². The number of hydrogen-bond donors (Lipinski definition) is 1. The topological polar surface area (TPSA) is 77.1 Å². The fourth-order valence-electron chi connectivity index (χ4n) is 4.68. The fraction of sp³-hybridized carbons (Fsp3) is 0.286. The van der Waals surface area contributed by atoms with Crippen molar-refractivity contribution in [3.63, 3.8) is 0 Å². The molecule has 3 aliphatic heterocycles. The Balaban J connectivity index is 1.63. The van der Waals surface area contributed by atoms with E-state index in [1.165, 1.54) is 0 Å². The molecule has 1 unspecified atom stereocenters. The second-order valence-corrected chi connectivity index (χ2v) is 8.63. The largest absolute Gasteiger partial charge is 0.494 e. The molecule has 7 heteroatoms. The number of ether oxygens (including phenoxy) is 3. The van der Waals surface area contributed by atoms with Crippen LogP contribution >= 0.6 is 0 Å². The van der Waals surface area contributed by atoms with E-state index < -0.39 is 0 Å². The van der Waals surface area contributed by atoms with Crippen LogP contribution in [0.1, 0.15) is 39.5 Å². The zero-order chi connectivity index (χ0) is 24.2. The summed E-state index contributed by atoms with van der Waals surface area (Å²) in [6, 6.07) is 20.8. The van der Waals surface area contributed by atoms with E-state index in [2.05, 4.69) is 5.32 Å². The summed E-state index contributed by atoms with van der Waals surface area (Å²) >= 11 is 0.